The molecule has 2 N–H and O–H groups in total. The molecular weight excluding hydrogens is 358 g/mol. The van der Waals surface area contributed by atoms with Gasteiger partial charge in [0.15, 0.2) is 0 Å². The molecule has 146 valence electrons. The van der Waals surface area contributed by atoms with Crippen LogP contribution in [-0.2, 0) is 4.74 Å². The van der Waals surface area contributed by atoms with Crippen LogP contribution in [0.25, 0.3) is 0 Å². The van der Waals surface area contributed by atoms with Crippen LogP contribution >= 0.6 is 0 Å². The van der Waals surface area contributed by atoms with Gasteiger partial charge in [-0.05, 0) is 45.0 Å². The minimum Gasteiger partial charge on any atom is -0.444 e. The zero-order valence-electron chi connectivity index (χ0n) is 16.1. The molecule has 7 heteroatoms. The normalized spacial score (nSPS) is 13.6. The van der Waals surface area contributed by atoms with E-state index in [1.165, 1.54) is 0 Å². The lowest BCUT2D eigenvalue weighted by Gasteiger charge is -2.28. The van der Waals surface area contributed by atoms with Crippen LogP contribution in [0.15, 0.2) is 48.5 Å². The summed E-state index contributed by atoms with van der Waals surface area (Å²) in [7, 11) is 0. The molecule has 3 rings (SSSR count). The second-order valence-corrected chi connectivity index (χ2v) is 7.40. The third kappa shape index (κ3) is 4.31. The van der Waals surface area contributed by atoms with Crippen molar-refractivity contribution in [2.75, 3.05) is 23.3 Å². The molecule has 1 heterocycles. The summed E-state index contributed by atoms with van der Waals surface area (Å²) in [6, 6.07) is 13.8. The number of alkyl carbamates (subject to hydrolysis) is 1. The Morgan fingerprint density at radius 2 is 1.68 bits per heavy atom. The maximum absolute atomic E-state index is 13.2. The van der Waals surface area contributed by atoms with Gasteiger partial charge in [0, 0.05) is 13.1 Å². The van der Waals surface area contributed by atoms with Gasteiger partial charge in [0.1, 0.15) is 5.60 Å². The first-order chi connectivity index (χ1) is 13.3. The molecule has 0 fully saturated rings. The number of amides is 3. The number of nitrogens with zero attached hydrogens (tertiary/aromatic N) is 1. The van der Waals surface area contributed by atoms with Crippen molar-refractivity contribution in [3.05, 3.63) is 59.7 Å². The van der Waals surface area contributed by atoms with E-state index in [0.29, 0.717) is 22.5 Å². The fourth-order valence-electron chi connectivity index (χ4n) is 2.93. The van der Waals surface area contributed by atoms with E-state index in [1.807, 2.05) is 0 Å². The topological polar surface area (TPSA) is 87.7 Å². The van der Waals surface area contributed by atoms with Crippen molar-refractivity contribution in [2.45, 2.75) is 26.4 Å². The number of anilines is 2. The molecule has 0 radical (unpaired) electrons. The van der Waals surface area contributed by atoms with Crippen LogP contribution < -0.4 is 15.5 Å². The van der Waals surface area contributed by atoms with Crippen molar-refractivity contribution in [2.24, 2.45) is 0 Å². The summed E-state index contributed by atoms with van der Waals surface area (Å²) in [4.78, 5) is 39.2. The van der Waals surface area contributed by atoms with E-state index in [4.69, 9.17) is 4.74 Å². The molecule has 1 aliphatic heterocycles. The van der Waals surface area contributed by atoms with Gasteiger partial charge in [-0.3, -0.25) is 9.59 Å². The average Bonchev–Trinajstić information content (AvgIpc) is 2.63. The molecule has 2 aromatic carbocycles. The largest absolute Gasteiger partial charge is 0.444 e. The van der Waals surface area contributed by atoms with Gasteiger partial charge >= 0.3 is 6.09 Å². The highest BCUT2D eigenvalue weighted by Gasteiger charge is 2.28. The number of fused-ring (bicyclic) bond motifs is 2. The molecule has 0 saturated heterocycles. The predicted molar refractivity (Wildman–Crippen MR) is 107 cm³/mol. The molecule has 0 aromatic heterocycles. The Balaban J connectivity index is 1.86. The van der Waals surface area contributed by atoms with Crippen LogP contribution in [0.1, 0.15) is 41.5 Å². The minimum absolute atomic E-state index is 0.200. The third-order valence-electron chi connectivity index (χ3n) is 4.09. The van der Waals surface area contributed by atoms with Gasteiger partial charge in [-0.2, -0.15) is 0 Å². The van der Waals surface area contributed by atoms with E-state index < -0.39 is 11.7 Å². The maximum Gasteiger partial charge on any atom is 0.407 e. The number of ether oxygens (including phenoxy) is 1. The second-order valence-electron chi connectivity index (χ2n) is 7.40. The van der Waals surface area contributed by atoms with E-state index in [9.17, 15) is 14.4 Å². The zero-order valence-corrected chi connectivity index (χ0v) is 16.1. The Morgan fingerprint density at radius 1 is 1.04 bits per heavy atom. The lowest BCUT2D eigenvalue weighted by molar-refractivity contribution is 0.0528. The predicted octanol–water partition coefficient (Wildman–Crippen LogP) is 3.42. The Labute approximate surface area is 163 Å². The van der Waals surface area contributed by atoms with E-state index in [2.05, 4.69) is 10.6 Å². The van der Waals surface area contributed by atoms with Crippen molar-refractivity contribution >= 4 is 29.3 Å². The van der Waals surface area contributed by atoms with Gasteiger partial charge in [0.2, 0.25) is 0 Å². The van der Waals surface area contributed by atoms with Crippen molar-refractivity contribution in [3.8, 4) is 0 Å². The smallest absolute Gasteiger partial charge is 0.407 e. The van der Waals surface area contributed by atoms with Crippen LogP contribution in [0.5, 0.6) is 0 Å². The zero-order chi connectivity index (χ0) is 20.3. The van der Waals surface area contributed by atoms with Crippen LogP contribution in [-0.4, -0.2) is 36.6 Å². The Morgan fingerprint density at radius 3 is 2.39 bits per heavy atom. The van der Waals surface area contributed by atoms with E-state index in [1.54, 1.807) is 74.2 Å². The molecule has 0 unspecified atom stereocenters. The number of hydrogen-bond acceptors (Lipinski definition) is 4. The number of carbonyl (C=O) groups excluding carboxylic acids is 3. The standard InChI is InChI=1S/C21H23N3O4/c1-21(2,3)28-20(27)22-12-13-24-17-11-7-6-10-16(17)23-18(25)14-8-4-5-9-15(14)19(24)26/h4-11H,12-13H2,1-3H3,(H,22,27)(H,23,25). The lowest BCUT2D eigenvalue weighted by atomic mass is 10.0. The summed E-state index contributed by atoms with van der Waals surface area (Å²) in [5, 5.41) is 5.52. The van der Waals surface area contributed by atoms with Gasteiger partial charge < -0.3 is 20.3 Å². The summed E-state index contributed by atoms with van der Waals surface area (Å²) in [6.45, 7) is 5.77. The maximum atomic E-state index is 13.2. The summed E-state index contributed by atoms with van der Waals surface area (Å²) in [6.07, 6.45) is -0.547. The van der Waals surface area contributed by atoms with E-state index >= 15 is 0 Å². The van der Waals surface area contributed by atoms with Gasteiger partial charge in [0.25, 0.3) is 11.8 Å². The third-order valence-corrected chi connectivity index (χ3v) is 4.09. The number of carbonyl (C=O) groups is 3. The fourth-order valence-corrected chi connectivity index (χ4v) is 2.93. The Hall–Kier alpha value is -3.35. The van der Waals surface area contributed by atoms with Gasteiger partial charge in [-0.25, -0.2) is 4.79 Å². The minimum atomic E-state index is -0.601. The first-order valence-corrected chi connectivity index (χ1v) is 9.04. The molecule has 3 amide bonds. The second kappa shape index (κ2) is 7.72. The SMILES string of the molecule is CC(C)(C)OC(=O)NCCN1C(=O)c2ccccc2C(=O)Nc2ccccc21. The Kier molecular flexibility index (Phi) is 5.35. The van der Waals surface area contributed by atoms with Crippen molar-refractivity contribution in [1.82, 2.24) is 5.32 Å². The number of para-hydroxylation sites is 2. The van der Waals surface area contributed by atoms with Gasteiger partial charge in [-0.1, -0.05) is 24.3 Å². The van der Waals surface area contributed by atoms with Crippen LogP contribution in [0.2, 0.25) is 0 Å². The van der Waals surface area contributed by atoms with Crippen molar-refractivity contribution in [1.29, 1.82) is 0 Å². The summed E-state index contributed by atoms with van der Waals surface area (Å²) >= 11 is 0. The monoisotopic (exact) mass is 381 g/mol. The average molecular weight is 381 g/mol. The van der Waals surface area contributed by atoms with Crippen molar-refractivity contribution < 1.29 is 19.1 Å². The molecule has 0 saturated carbocycles. The number of rotatable bonds is 3. The molecule has 1 aliphatic rings. The number of nitrogens with one attached hydrogen (secondary N) is 2. The number of hydrogen-bond donors (Lipinski definition) is 2. The van der Waals surface area contributed by atoms with Crippen LogP contribution in [0.4, 0.5) is 16.2 Å². The lowest BCUT2D eigenvalue weighted by Crippen LogP contribution is -2.42. The molecule has 28 heavy (non-hydrogen) atoms. The molecule has 0 atom stereocenters. The summed E-state index contributed by atoms with van der Waals surface area (Å²) < 4.78 is 5.23. The highest BCUT2D eigenvalue weighted by molar-refractivity contribution is 6.19. The van der Waals surface area contributed by atoms with E-state index in [0.717, 1.165) is 0 Å². The summed E-state index contributed by atoms with van der Waals surface area (Å²) in [5.74, 6) is -0.633. The van der Waals surface area contributed by atoms with Crippen LogP contribution in [0.3, 0.4) is 0 Å². The molecule has 0 bridgehead atoms. The number of benzene rings is 2. The fraction of sp³-hybridized carbons (Fsp3) is 0.286. The van der Waals surface area contributed by atoms with Crippen LogP contribution in [0, 0.1) is 0 Å². The highest BCUT2D eigenvalue weighted by atomic mass is 16.6. The molecule has 0 aliphatic carbocycles. The highest BCUT2D eigenvalue weighted by Crippen LogP contribution is 2.30. The Bertz CT molecular complexity index is 918. The first-order valence-electron chi connectivity index (χ1n) is 9.04. The summed E-state index contributed by atoms with van der Waals surface area (Å²) in [5.41, 5.74) is 1.13. The first kappa shape index (κ1) is 19.4. The molecule has 0 spiro atoms. The quantitative estimate of drug-likeness (QED) is 0.853. The molecule has 2 aromatic rings. The van der Waals surface area contributed by atoms with E-state index in [-0.39, 0.29) is 24.9 Å². The molecular formula is C21H23N3O4. The van der Waals surface area contributed by atoms with Gasteiger partial charge in [-0.15, -0.1) is 0 Å². The van der Waals surface area contributed by atoms with Crippen molar-refractivity contribution in [3.63, 3.8) is 0 Å². The molecule has 7 nitrogen and oxygen atoms in total. The van der Waals surface area contributed by atoms with Gasteiger partial charge in [0.05, 0.1) is 22.5 Å².